The number of carbonyl (C=O) groups is 1. The molecule has 102 valence electrons. The van der Waals surface area contributed by atoms with E-state index in [0.29, 0.717) is 16.1 Å². The molecule has 0 atom stereocenters. The third-order valence-electron chi connectivity index (χ3n) is 4.27. The zero-order valence-corrected chi connectivity index (χ0v) is 11.7. The molecule has 2 fully saturated rings. The van der Waals surface area contributed by atoms with E-state index in [1.807, 2.05) is 29.2 Å². The lowest BCUT2D eigenvalue weighted by Crippen LogP contribution is -2.51. The van der Waals surface area contributed by atoms with Gasteiger partial charge in [-0.15, -0.1) is 0 Å². The van der Waals surface area contributed by atoms with Crippen LogP contribution in [-0.4, -0.2) is 33.4 Å². The summed E-state index contributed by atoms with van der Waals surface area (Å²) in [6.07, 6.45) is 5.78. The van der Waals surface area contributed by atoms with Gasteiger partial charge >= 0.3 is 0 Å². The zero-order chi connectivity index (χ0) is 13.7. The Kier molecular flexibility index (Phi) is 2.45. The number of imidazole rings is 1. The van der Waals surface area contributed by atoms with Gasteiger partial charge in [0.15, 0.2) is 0 Å². The van der Waals surface area contributed by atoms with Crippen molar-refractivity contribution in [1.29, 1.82) is 0 Å². The molecule has 0 unspecified atom stereocenters. The summed E-state index contributed by atoms with van der Waals surface area (Å²) in [5.41, 5.74) is 1.83. The van der Waals surface area contributed by atoms with Gasteiger partial charge in [0, 0.05) is 18.5 Å². The predicted molar refractivity (Wildman–Crippen MR) is 76.1 cm³/mol. The molecular formula is C15H14ClN3O. The van der Waals surface area contributed by atoms with Crippen LogP contribution in [0.1, 0.15) is 23.3 Å². The first kappa shape index (κ1) is 12.0. The number of hydrogen-bond donors (Lipinski definition) is 0. The fourth-order valence-electron chi connectivity index (χ4n) is 2.85. The van der Waals surface area contributed by atoms with Crippen LogP contribution in [0.15, 0.2) is 36.8 Å². The molecule has 1 aromatic heterocycles. The average Bonchev–Trinajstić information content (AvgIpc) is 3.07. The van der Waals surface area contributed by atoms with Gasteiger partial charge in [-0.25, -0.2) is 4.98 Å². The van der Waals surface area contributed by atoms with Crippen LogP contribution in [0.5, 0.6) is 0 Å². The molecule has 4 rings (SSSR count). The third-order valence-corrected chi connectivity index (χ3v) is 4.59. The van der Waals surface area contributed by atoms with Gasteiger partial charge in [0.05, 0.1) is 23.2 Å². The van der Waals surface area contributed by atoms with E-state index in [4.69, 9.17) is 11.6 Å². The molecule has 1 spiro atoms. The van der Waals surface area contributed by atoms with Crippen LogP contribution in [0.4, 0.5) is 0 Å². The van der Waals surface area contributed by atoms with Gasteiger partial charge < -0.3 is 4.90 Å². The molecule has 0 N–H and O–H groups in total. The molecule has 2 heterocycles. The summed E-state index contributed by atoms with van der Waals surface area (Å²) >= 11 is 6.20. The zero-order valence-electron chi connectivity index (χ0n) is 10.9. The largest absolute Gasteiger partial charge is 0.336 e. The van der Waals surface area contributed by atoms with Gasteiger partial charge in [-0.3, -0.25) is 9.36 Å². The van der Waals surface area contributed by atoms with Gasteiger partial charge in [0.1, 0.15) is 5.69 Å². The molecule has 0 bridgehead atoms. The van der Waals surface area contributed by atoms with Crippen LogP contribution in [-0.2, 0) is 0 Å². The number of nitrogens with zero attached hydrogens (tertiary/aromatic N) is 3. The first-order chi connectivity index (χ1) is 9.69. The molecule has 1 aliphatic heterocycles. The van der Waals surface area contributed by atoms with Crippen LogP contribution >= 0.6 is 11.6 Å². The van der Waals surface area contributed by atoms with Crippen LogP contribution in [0.3, 0.4) is 0 Å². The van der Waals surface area contributed by atoms with E-state index in [1.165, 1.54) is 12.8 Å². The molecule has 20 heavy (non-hydrogen) atoms. The van der Waals surface area contributed by atoms with E-state index >= 15 is 0 Å². The number of amides is 1. The normalized spacial score (nSPS) is 18.9. The van der Waals surface area contributed by atoms with Crippen molar-refractivity contribution in [3.63, 3.8) is 0 Å². The quantitative estimate of drug-likeness (QED) is 0.852. The number of carbonyl (C=O) groups excluding carboxylic acids is 1. The Morgan fingerprint density at radius 1 is 1.25 bits per heavy atom. The van der Waals surface area contributed by atoms with Crippen LogP contribution in [0.2, 0.25) is 5.02 Å². The maximum atomic E-state index is 12.5. The van der Waals surface area contributed by atoms with E-state index in [9.17, 15) is 4.79 Å². The van der Waals surface area contributed by atoms with Gasteiger partial charge in [0.25, 0.3) is 5.91 Å². The Bertz CT molecular complexity index is 682. The van der Waals surface area contributed by atoms with Gasteiger partial charge in [-0.05, 0) is 25.0 Å². The Labute approximate surface area is 122 Å². The van der Waals surface area contributed by atoms with Crippen molar-refractivity contribution in [2.45, 2.75) is 12.8 Å². The molecule has 1 saturated carbocycles. The maximum absolute atomic E-state index is 12.5. The van der Waals surface area contributed by atoms with Crippen molar-refractivity contribution >= 4 is 17.5 Å². The van der Waals surface area contributed by atoms with E-state index in [0.717, 1.165) is 18.8 Å². The number of aromatic nitrogens is 2. The molecule has 1 aromatic carbocycles. The molecular weight excluding hydrogens is 274 g/mol. The summed E-state index contributed by atoms with van der Waals surface area (Å²) in [5.74, 6) is 0.0416. The van der Waals surface area contributed by atoms with E-state index in [-0.39, 0.29) is 5.91 Å². The molecule has 1 amide bonds. The van der Waals surface area contributed by atoms with E-state index in [2.05, 4.69) is 4.98 Å². The minimum Gasteiger partial charge on any atom is -0.336 e. The average molecular weight is 288 g/mol. The monoisotopic (exact) mass is 287 g/mol. The number of halogens is 1. The lowest BCUT2D eigenvalue weighted by atomic mass is 9.96. The number of para-hydroxylation sites is 1. The van der Waals surface area contributed by atoms with Gasteiger partial charge in [-0.2, -0.15) is 0 Å². The maximum Gasteiger partial charge on any atom is 0.272 e. The second-order valence-electron chi connectivity index (χ2n) is 5.76. The lowest BCUT2D eigenvalue weighted by molar-refractivity contribution is 0.0435. The Hall–Kier alpha value is -1.81. The van der Waals surface area contributed by atoms with Crippen molar-refractivity contribution in [2.75, 3.05) is 13.1 Å². The minimum absolute atomic E-state index is 0.0416. The summed E-state index contributed by atoms with van der Waals surface area (Å²) in [6, 6.07) is 7.47. The third kappa shape index (κ3) is 1.75. The first-order valence-electron chi connectivity index (χ1n) is 6.75. The number of rotatable bonds is 2. The van der Waals surface area contributed by atoms with Crippen molar-refractivity contribution < 1.29 is 4.79 Å². The fourth-order valence-corrected chi connectivity index (χ4v) is 3.08. The molecule has 4 nitrogen and oxygen atoms in total. The number of hydrogen-bond acceptors (Lipinski definition) is 2. The van der Waals surface area contributed by atoms with E-state index in [1.54, 1.807) is 17.1 Å². The highest BCUT2D eigenvalue weighted by Crippen LogP contribution is 2.53. The SMILES string of the molecule is O=C(c1cncn1-c1ccccc1Cl)N1CC2(CC2)C1. The molecule has 0 radical (unpaired) electrons. The fraction of sp³-hybridized carbons (Fsp3) is 0.333. The summed E-state index contributed by atoms with van der Waals surface area (Å²) in [5, 5.41) is 0.613. The summed E-state index contributed by atoms with van der Waals surface area (Å²) < 4.78 is 1.77. The topological polar surface area (TPSA) is 38.1 Å². The molecule has 1 aliphatic carbocycles. The highest BCUT2D eigenvalue weighted by Gasteiger charge is 2.54. The van der Waals surface area contributed by atoms with Crippen molar-refractivity contribution in [3.8, 4) is 5.69 Å². The Morgan fingerprint density at radius 2 is 2.00 bits per heavy atom. The lowest BCUT2D eigenvalue weighted by Gasteiger charge is -2.39. The number of benzene rings is 1. The summed E-state index contributed by atoms with van der Waals surface area (Å²) in [6.45, 7) is 1.78. The standard InChI is InChI=1S/C15H14ClN3O/c16-11-3-1-2-4-12(11)19-10-17-7-13(19)14(20)18-8-15(9-18)5-6-15/h1-4,7,10H,5-6,8-9H2. The molecule has 2 aromatic rings. The highest BCUT2D eigenvalue weighted by atomic mass is 35.5. The van der Waals surface area contributed by atoms with E-state index < -0.39 is 0 Å². The van der Waals surface area contributed by atoms with Crippen molar-refractivity contribution in [1.82, 2.24) is 14.5 Å². The Balaban J connectivity index is 1.65. The highest BCUT2D eigenvalue weighted by molar-refractivity contribution is 6.32. The predicted octanol–water partition coefficient (Wildman–Crippen LogP) is 2.76. The summed E-state index contributed by atoms with van der Waals surface area (Å²) in [4.78, 5) is 18.5. The molecule has 1 saturated heterocycles. The minimum atomic E-state index is 0.0416. The van der Waals surface area contributed by atoms with Gasteiger partial charge in [0.2, 0.25) is 0 Å². The second-order valence-corrected chi connectivity index (χ2v) is 6.17. The van der Waals surface area contributed by atoms with Crippen LogP contribution in [0.25, 0.3) is 5.69 Å². The smallest absolute Gasteiger partial charge is 0.272 e. The first-order valence-corrected chi connectivity index (χ1v) is 7.13. The second kappa shape index (κ2) is 4.09. The number of likely N-dealkylation sites (tertiary alicyclic amines) is 1. The van der Waals surface area contributed by atoms with Crippen molar-refractivity contribution in [3.05, 3.63) is 47.5 Å². The van der Waals surface area contributed by atoms with Crippen molar-refractivity contribution in [2.24, 2.45) is 5.41 Å². The summed E-state index contributed by atoms with van der Waals surface area (Å²) in [7, 11) is 0. The molecule has 5 heteroatoms. The molecule has 2 aliphatic rings. The van der Waals surface area contributed by atoms with Crippen LogP contribution in [0, 0.1) is 5.41 Å². The van der Waals surface area contributed by atoms with Crippen LogP contribution < -0.4 is 0 Å². The van der Waals surface area contributed by atoms with Gasteiger partial charge in [-0.1, -0.05) is 23.7 Å². The Morgan fingerprint density at radius 3 is 2.70 bits per heavy atom.